The average Bonchev–Trinajstić information content (AvgIpc) is 3.51. The first-order chi connectivity index (χ1) is 24.3. The van der Waals surface area contributed by atoms with Gasteiger partial charge in [-0.05, 0) is 22.0 Å². The minimum Gasteiger partial charge on any atom is -0.388 e. The number of aromatic nitrogens is 2. The van der Waals surface area contributed by atoms with Crippen molar-refractivity contribution in [2.45, 2.75) is 24.4 Å². The third-order valence-corrected chi connectivity index (χ3v) is 8.04. The van der Waals surface area contributed by atoms with E-state index >= 15 is 0 Å². The zero-order chi connectivity index (χ0) is 36.0. The molecule has 0 unspecified atom stereocenters. The van der Waals surface area contributed by atoms with E-state index in [-0.39, 0.29) is 43.4 Å². The summed E-state index contributed by atoms with van der Waals surface area (Å²) in [7, 11) is 0. The first-order valence-electron chi connectivity index (χ1n) is 15.7. The van der Waals surface area contributed by atoms with Crippen LogP contribution in [0.25, 0.3) is 0 Å². The van der Waals surface area contributed by atoms with E-state index in [9.17, 15) is 30.4 Å². The number of nitro groups is 2. The molecule has 0 radical (unpaired) electrons. The Hall–Kier alpha value is -2.74. The number of anilines is 2. The zero-order valence-electron chi connectivity index (χ0n) is 27.2. The van der Waals surface area contributed by atoms with Crippen LogP contribution in [0.2, 0.25) is 0 Å². The van der Waals surface area contributed by atoms with Crippen LogP contribution >= 0.6 is 27.5 Å². The summed E-state index contributed by atoms with van der Waals surface area (Å²) in [6.07, 6.45) is -2.83. The summed E-state index contributed by atoms with van der Waals surface area (Å²) >= 11 is 4.30. The molecule has 0 saturated carbocycles. The number of nitro benzene ring substituents is 2. The Morgan fingerprint density at radius 1 is 0.820 bits per heavy atom. The fraction of sp³-hybridized carbons (Fsp3) is 0.714. The van der Waals surface area contributed by atoms with E-state index in [0.717, 1.165) is 17.6 Å². The molecular weight excluding hydrogens is 756 g/mol. The van der Waals surface area contributed by atoms with Crippen LogP contribution in [0, 0.1) is 20.2 Å². The molecular formula is C28H43BrN6O14S. The van der Waals surface area contributed by atoms with E-state index in [1.54, 1.807) is 0 Å². The molecule has 1 aromatic heterocycles. The van der Waals surface area contributed by atoms with Gasteiger partial charge in [-0.25, -0.2) is 0 Å². The van der Waals surface area contributed by atoms with Gasteiger partial charge in [0.25, 0.3) is 11.4 Å². The molecule has 1 aromatic carbocycles. The number of rotatable bonds is 28. The van der Waals surface area contributed by atoms with Gasteiger partial charge >= 0.3 is 0 Å². The lowest BCUT2D eigenvalue weighted by molar-refractivity contribution is -0.393. The summed E-state index contributed by atoms with van der Waals surface area (Å²) in [4.78, 5) is 24.7. The molecule has 50 heavy (non-hydrogen) atoms. The predicted molar refractivity (Wildman–Crippen MR) is 181 cm³/mol. The summed E-state index contributed by atoms with van der Waals surface area (Å²) in [6.45, 7) is 5.36. The molecule has 22 heteroatoms. The van der Waals surface area contributed by atoms with Crippen molar-refractivity contribution in [3.63, 3.8) is 0 Å². The Morgan fingerprint density at radius 3 is 1.86 bits per heavy atom. The Morgan fingerprint density at radius 2 is 1.36 bits per heavy atom. The molecule has 2 heterocycles. The van der Waals surface area contributed by atoms with Gasteiger partial charge in [0.15, 0.2) is 0 Å². The maximum absolute atomic E-state index is 11.1. The van der Waals surface area contributed by atoms with E-state index in [2.05, 4.69) is 35.9 Å². The largest absolute Gasteiger partial charge is 0.388 e. The number of ether oxygens (including phenoxy) is 8. The predicted octanol–water partition coefficient (Wildman–Crippen LogP) is 1.25. The lowest BCUT2D eigenvalue weighted by atomic mass is 9.98. The van der Waals surface area contributed by atoms with Crippen molar-refractivity contribution in [3.8, 4) is 0 Å². The summed E-state index contributed by atoms with van der Waals surface area (Å²) in [5.41, 5.74) is -0.552. The van der Waals surface area contributed by atoms with Gasteiger partial charge in [0.2, 0.25) is 9.87 Å². The number of halogens is 1. The number of nitrogens with one attached hydrogen (secondary N) is 2. The molecule has 1 aliphatic heterocycles. The van der Waals surface area contributed by atoms with Crippen molar-refractivity contribution in [2.75, 3.05) is 116 Å². The standard InChI is InChI=1S/C28H43BrN6O14S/c29-27-32-28(50-33-27)31-22-18-49-24(26(37)25(22)36)19-48-16-15-47-14-13-46-12-11-45-10-9-44-8-7-43-6-5-42-4-3-30-21-2-1-20(34(38)39)17-23(21)35(40)41/h1-2,17,22,24-26,30,36-37H,3-16,18-19H2,(H,31,32,33)/t22-,24+,25+,26-/m0/s1. The van der Waals surface area contributed by atoms with Crippen LogP contribution in [0.15, 0.2) is 22.9 Å². The number of aliphatic hydroxyl groups excluding tert-OH is 2. The molecule has 1 fully saturated rings. The quantitative estimate of drug-likeness (QED) is 0.0537. The molecule has 1 saturated heterocycles. The minimum absolute atomic E-state index is 0.116. The van der Waals surface area contributed by atoms with Crippen molar-refractivity contribution >= 4 is 49.7 Å². The number of aliphatic hydroxyl groups is 2. The van der Waals surface area contributed by atoms with Crippen LogP contribution in [-0.2, 0) is 37.9 Å². The van der Waals surface area contributed by atoms with E-state index < -0.39 is 34.2 Å². The molecule has 4 atom stereocenters. The minimum atomic E-state index is -1.12. The Labute approximate surface area is 300 Å². The average molecular weight is 800 g/mol. The first-order valence-corrected chi connectivity index (χ1v) is 17.3. The molecule has 2 aromatic rings. The first kappa shape index (κ1) is 41.7. The van der Waals surface area contributed by atoms with Crippen LogP contribution in [0.5, 0.6) is 0 Å². The molecule has 0 amide bonds. The van der Waals surface area contributed by atoms with E-state index in [0.29, 0.717) is 89.1 Å². The highest BCUT2D eigenvalue weighted by molar-refractivity contribution is 9.10. The molecule has 4 N–H and O–H groups in total. The normalized spacial score (nSPS) is 19.0. The summed E-state index contributed by atoms with van der Waals surface area (Å²) in [5, 5.41) is 49.1. The fourth-order valence-electron chi connectivity index (χ4n) is 4.29. The van der Waals surface area contributed by atoms with E-state index in [1.165, 1.54) is 12.1 Å². The lowest BCUT2D eigenvalue weighted by Gasteiger charge is -2.37. The molecule has 3 rings (SSSR count). The van der Waals surface area contributed by atoms with E-state index in [1.807, 2.05) is 0 Å². The molecule has 1 aliphatic rings. The van der Waals surface area contributed by atoms with Crippen molar-refractivity contribution in [1.29, 1.82) is 0 Å². The summed E-state index contributed by atoms with van der Waals surface area (Å²) in [6, 6.07) is 2.89. The Balaban J connectivity index is 1.02. The van der Waals surface area contributed by atoms with Crippen LogP contribution in [0.4, 0.5) is 22.2 Å². The number of hydrogen-bond donors (Lipinski definition) is 4. The summed E-state index contributed by atoms with van der Waals surface area (Å²) < 4.78 is 48.3. The van der Waals surface area contributed by atoms with Crippen molar-refractivity contribution in [3.05, 3.63) is 43.2 Å². The maximum atomic E-state index is 11.1. The second-order valence-corrected chi connectivity index (χ2v) is 11.8. The van der Waals surface area contributed by atoms with Gasteiger partial charge in [0.1, 0.15) is 24.0 Å². The number of hydrogen-bond acceptors (Lipinski definition) is 19. The third kappa shape index (κ3) is 16.1. The van der Waals surface area contributed by atoms with E-state index in [4.69, 9.17) is 37.9 Å². The van der Waals surface area contributed by atoms with Gasteiger partial charge in [0.05, 0.1) is 121 Å². The summed E-state index contributed by atoms with van der Waals surface area (Å²) in [5.74, 6) is 0. The smallest absolute Gasteiger partial charge is 0.299 e. The topological polar surface area (TPSA) is 250 Å². The van der Waals surface area contributed by atoms with Crippen LogP contribution in [-0.4, -0.2) is 159 Å². The Kier molecular flexibility index (Phi) is 20.4. The molecule has 20 nitrogen and oxygen atoms in total. The van der Waals surface area contributed by atoms with Crippen molar-refractivity contribution in [1.82, 2.24) is 9.36 Å². The van der Waals surface area contributed by atoms with Gasteiger partial charge in [-0.1, -0.05) is 0 Å². The maximum Gasteiger partial charge on any atom is 0.299 e. The lowest BCUT2D eigenvalue weighted by Crippen LogP contribution is -2.56. The molecule has 0 aliphatic carbocycles. The second-order valence-electron chi connectivity index (χ2n) is 10.4. The van der Waals surface area contributed by atoms with Crippen LogP contribution in [0.1, 0.15) is 0 Å². The van der Waals surface area contributed by atoms with Gasteiger partial charge in [-0.15, -0.1) is 0 Å². The molecule has 0 spiro atoms. The SMILES string of the molecule is O=[N+]([O-])c1ccc(NCCOCCOCCOCCOCCOCCOCCOC[C@H]2OC[C@H](Nc3nc(Br)ns3)[C@@H](O)[C@H]2O)c([N+](=O)[O-])c1. The van der Waals surface area contributed by atoms with Crippen LogP contribution in [0.3, 0.4) is 0 Å². The zero-order valence-corrected chi connectivity index (χ0v) is 29.6. The van der Waals surface area contributed by atoms with Gasteiger partial charge in [0, 0.05) is 24.1 Å². The highest BCUT2D eigenvalue weighted by Crippen LogP contribution is 2.28. The van der Waals surface area contributed by atoms with Gasteiger partial charge in [-0.2, -0.15) is 9.36 Å². The molecule has 282 valence electrons. The van der Waals surface area contributed by atoms with Crippen LogP contribution < -0.4 is 10.6 Å². The van der Waals surface area contributed by atoms with Gasteiger partial charge in [-0.3, -0.25) is 20.2 Å². The monoisotopic (exact) mass is 798 g/mol. The highest BCUT2D eigenvalue weighted by Gasteiger charge is 2.39. The third-order valence-electron chi connectivity index (χ3n) is 6.81. The number of non-ortho nitro benzene ring substituents is 1. The second kappa shape index (κ2) is 24.4. The number of nitrogens with zero attached hydrogens (tertiary/aromatic N) is 4. The van der Waals surface area contributed by atoms with Crippen molar-refractivity contribution in [2.24, 2.45) is 0 Å². The fourth-order valence-corrected chi connectivity index (χ4v) is 5.34. The number of benzene rings is 1. The van der Waals surface area contributed by atoms with Gasteiger partial charge < -0.3 is 58.7 Å². The van der Waals surface area contributed by atoms with Crippen molar-refractivity contribution < 1.29 is 58.0 Å². The Bertz CT molecular complexity index is 1270. The molecule has 0 bridgehead atoms. The highest BCUT2D eigenvalue weighted by atomic mass is 79.9.